The summed E-state index contributed by atoms with van der Waals surface area (Å²) in [6.45, 7) is 5.13. The van der Waals surface area contributed by atoms with Crippen LogP contribution in [0.2, 0.25) is 0 Å². The quantitative estimate of drug-likeness (QED) is 0.814. The second-order valence-electron chi connectivity index (χ2n) is 5.91. The highest BCUT2D eigenvalue weighted by Crippen LogP contribution is 2.37. The lowest BCUT2D eigenvalue weighted by Crippen LogP contribution is -2.43. The molecule has 1 aromatic rings. The Morgan fingerprint density at radius 3 is 2.70 bits per heavy atom. The van der Waals surface area contributed by atoms with E-state index in [1.807, 2.05) is 0 Å². The van der Waals surface area contributed by atoms with Crippen molar-refractivity contribution >= 4 is 15.9 Å². The molecule has 0 amide bonds. The molecule has 1 heterocycles. The SMILES string of the molecule is Oc1c(Br)cc2c(c1CN1CCNCC1)CCCCC2. The Morgan fingerprint density at radius 1 is 1.15 bits per heavy atom. The van der Waals surface area contributed by atoms with Crippen molar-refractivity contribution in [2.45, 2.75) is 38.6 Å². The largest absolute Gasteiger partial charge is 0.506 e. The third kappa shape index (κ3) is 3.02. The number of nitrogens with zero attached hydrogens (tertiary/aromatic N) is 1. The molecule has 1 fully saturated rings. The molecule has 1 saturated heterocycles. The minimum Gasteiger partial charge on any atom is -0.506 e. The molecule has 0 radical (unpaired) electrons. The number of hydrogen-bond donors (Lipinski definition) is 2. The number of nitrogens with one attached hydrogen (secondary N) is 1. The van der Waals surface area contributed by atoms with Crippen molar-refractivity contribution in [3.8, 4) is 5.75 Å². The maximum Gasteiger partial charge on any atom is 0.134 e. The van der Waals surface area contributed by atoms with Crippen LogP contribution in [-0.2, 0) is 19.4 Å². The number of halogens is 1. The van der Waals surface area contributed by atoms with Gasteiger partial charge < -0.3 is 10.4 Å². The summed E-state index contributed by atoms with van der Waals surface area (Å²) in [5, 5.41) is 13.9. The Balaban J connectivity index is 1.92. The number of hydrogen-bond acceptors (Lipinski definition) is 3. The molecule has 20 heavy (non-hydrogen) atoms. The summed E-state index contributed by atoms with van der Waals surface area (Å²) in [7, 11) is 0. The van der Waals surface area contributed by atoms with Crippen LogP contribution in [0.4, 0.5) is 0 Å². The summed E-state index contributed by atoms with van der Waals surface area (Å²) in [4.78, 5) is 2.45. The third-order valence-electron chi connectivity index (χ3n) is 4.53. The number of phenols is 1. The summed E-state index contributed by atoms with van der Waals surface area (Å²) >= 11 is 3.53. The van der Waals surface area contributed by atoms with Gasteiger partial charge >= 0.3 is 0 Å². The van der Waals surface area contributed by atoms with Crippen LogP contribution in [0.5, 0.6) is 5.75 Å². The summed E-state index contributed by atoms with van der Waals surface area (Å²) in [6, 6.07) is 2.14. The van der Waals surface area contributed by atoms with Gasteiger partial charge in [0.2, 0.25) is 0 Å². The van der Waals surface area contributed by atoms with Gasteiger partial charge in [-0.1, -0.05) is 6.42 Å². The Bertz CT molecular complexity index is 484. The summed E-state index contributed by atoms with van der Waals surface area (Å²) < 4.78 is 0.864. The van der Waals surface area contributed by atoms with E-state index in [-0.39, 0.29) is 0 Å². The zero-order valence-electron chi connectivity index (χ0n) is 11.9. The van der Waals surface area contributed by atoms with Crippen molar-refractivity contribution in [1.82, 2.24) is 10.2 Å². The first-order chi connectivity index (χ1) is 9.75. The second kappa shape index (κ2) is 6.46. The maximum absolute atomic E-state index is 10.5. The van der Waals surface area contributed by atoms with E-state index in [9.17, 15) is 5.11 Å². The van der Waals surface area contributed by atoms with Gasteiger partial charge in [-0.05, 0) is 58.8 Å². The van der Waals surface area contributed by atoms with Crippen molar-refractivity contribution in [3.63, 3.8) is 0 Å². The van der Waals surface area contributed by atoms with Gasteiger partial charge in [0.25, 0.3) is 0 Å². The standard InChI is InChI=1S/C16H23BrN2O/c17-15-10-12-4-2-1-3-5-13(12)14(16(15)20)11-19-8-6-18-7-9-19/h10,18,20H,1-9,11H2. The zero-order valence-corrected chi connectivity index (χ0v) is 13.5. The van der Waals surface area contributed by atoms with Crippen LogP contribution in [0, 0.1) is 0 Å². The van der Waals surface area contributed by atoms with Crippen LogP contribution >= 0.6 is 15.9 Å². The molecule has 3 rings (SSSR count). The minimum atomic E-state index is 0.462. The maximum atomic E-state index is 10.5. The molecule has 1 aromatic carbocycles. The average Bonchev–Trinajstić information content (AvgIpc) is 2.70. The zero-order chi connectivity index (χ0) is 13.9. The molecule has 110 valence electrons. The predicted molar refractivity (Wildman–Crippen MR) is 85.2 cm³/mol. The summed E-state index contributed by atoms with van der Waals surface area (Å²) in [6.07, 6.45) is 6.11. The van der Waals surface area contributed by atoms with E-state index in [2.05, 4.69) is 32.2 Å². The smallest absolute Gasteiger partial charge is 0.134 e. The first kappa shape index (κ1) is 14.4. The van der Waals surface area contributed by atoms with Crippen molar-refractivity contribution in [1.29, 1.82) is 0 Å². The first-order valence-corrected chi connectivity index (χ1v) is 8.50. The van der Waals surface area contributed by atoms with Gasteiger partial charge in [-0.3, -0.25) is 4.90 Å². The predicted octanol–water partition coefficient (Wildman–Crippen LogP) is 2.83. The molecule has 0 atom stereocenters. The van der Waals surface area contributed by atoms with E-state index in [1.165, 1.54) is 30.4 Å². The van der Waals surface area contributed by atoms with E-state index in [0.717, 1.165) is 55.6 Å². The minimum absolute atomic E-state index is 0.462. The molecule has 0 unspecified atom stereocenters. The number of fused-ring (bicyclic) bond motifs is 1. The summed E-state index contributed by atoms with van der Waals surface area (Å²) in [5.41, 5.74) is 4.03. The van der Waals surface area contributed by atoms with Gasteiger partial charge in [0, 0.05) is 38.3 Å². The van der Waals surface area contributed by atoms with Gasteiger partial charge in [0.1, 0.15) is 5.75 Å². The topological polar surface area (TPSA) is 35.5 Å². The molecule has 0 spiro atoms. The normalized spacial score (nSPS) is 20.4. The highest BCUT2D eigenvalue weighted by Gasteiger charge is 2.21. The lowest BCUT2D eigenvalue weighted by molar-refractivity contribution is 0.229. The number of aryl methyl sites for hydroxylation is 1. The Morgan fingerprint density at radius 2 is 1.90 bits per heavy atom. The fraction of sp³-hybridized carbons (Fsp3) is 0.625. The average molecular weight is 339 g/mol. The van der Waals surface area contributed by atoms with Gasteiger partial charge in [-0.2, -0.15) is 0 Å². The monoisotopic (exact) mass is 338 g/mol. The van der Waals surface area contributed by atoms with Crippen molar-refractivity contribution in [2.75, 3.05) is 26.2 Å². The van der Waals surface area contributed by atoms with Gasteiger partial charge in [0.15, 0.2) is 0 Å². The molecule has 4 heteroatoms. The van der Waals surface area contributed by atoms with Gasteiger partial charge in [-0.25, -0.2) is 0 Å². The van der Waals surface area contributed by atoms with Crippen LogP contribution < -0.4 is 5.32 Å². The van der Waals surface area contributed by atoms with Crippen LogP contribution in [0.3, 0.4) is 0 Å². The molecular formula is C16H23BrN2O. The Hall–Kier alpha value is -0.580. The van der Waals surface area contributed by atoms with Crippen LogP contribution in [0.25, 0.3) is 0 Å². The van der Waals surface area contributed by atoms with E-state index in [0.29, 0.717) is 5.75 Å². The molecule has 1 aliphatic heterocycles. The highest BCUT2D eigenvalue weighted by atomic mass is 79.9. The second-order valence-corrected chi connectivity index (χ2v) is 6.76. The number of benzene rings is 1. The van der Waals surface area contributed by atoms with Crippen molar-refractivity contribution in [3.05, 3.63) is 27.2 Å². The fourth-order valence-electron chi connectivity index (χ4n) is 3.38. The van der Waals surface area contributed by atoms with E-state index in [1.54, 1.807) is 0 Å². The molecule has 0 aromatic heterocycles. The molecule has 1 aliphatic carbocycles. The van der Waals surface area contributed by atoms with Crippen LogP contribution in [0.15, 0.2) is 10.5 Å². The van der Waals surface area contributed by atoms with E-state index >= 15 is 0 Å². The number of piperazine rings is 1. The first-order valence-electron chi connectivity index (χ1n) is 7.71. The third-order valence-corrected chi connectivity index (χ3v) is 5.13. The van der Waals surface area contributed by atoms with Gasteiger partial charge in [-0.15, -0.1) is 0 Å². The molecule has 0 saturated carbocycles. The van der Waals surface area contributed by atoms with E-state index < -0.39 is 0 Å². The molecule has 2 aliphatic rings. The highest BCUT2D eigenvalue weighted by molar-refractivity contribution is 9.10. The van der Waals surface area contributed by atoms with Crippen LogP contribution in [0.1, 0.15) is 36.0 Å². The van der Waals surface area contributed by atoms with Crippen molar-refractivity contribution in [2.24, 2.45) is 0 Å². The van der Waals surface area contributed by atoms with Gasteiger partial charge in [0.05, 0.1) is 4.47 Å². The number of phenolic OH excluding ortho intramolecular Hbond substituents is 1. The molecule has 2 N–H and O–H groups in total. The number of aromatic hydroxyl groups is 1. The fourth-order valence-corrected chi connectivity index (χ4v) is 3.90. The number of rotatable bonds is 2. The molecular weight excluding hydrogens is 316 g/mol. The lowest BCUT2D eigenvalue weighted by Gasteiger charge is -2.29. The Kier molecular flexibility index (Phi) is 4.64. The summed E-state index contributed by atoms with van der Waals surface area (Å²) in [5.74, 6) is 0.462. The van der Waals surface area contributed by atoms with Crippen LogP contribution in [-0.4, -0.2) is 36.2 Å². The molecule has 0 bridgehead atoms. The lowest BCUT2D eigenvalue weighted by atomic mass is 9.95. The molecule has 3 nitrogen and oxygen atoms in total. The van der Waals surface area contributed by atoms with E-state index in [4.69, 9.17) is 0 Å². The van der Waals surface area contributed by atoms with Crippen molar-refractivity contribution < 1.29 is 5.11 Å². The Labute approximate surface area is 129 Å².